The number of fused-ring (bicyclic) bond motifs is 1. The van der Waals surface area contributed by atoms with Crippen LogP contribution < -0.4 is 15.4 Å². The van der Waals surface area contributed by atoms with Crippen LogP contribution in [0, 0.1) is 0 Å². The van der Waals surface area contributed by atoms with Crippen LogP contribution in [0.3, 0.4) is 0 Å². The van der Waals surface area contributed by atoms with E-state index in [4.69, 9.17) is 19.8 Å². The summed E-state index contributed by atoms with van der Waals surface area (Å²) in [6.45, 7) is 7.79. The number of hydrogen-bond donors (Lipinski definition) is 2. The Morgan fingerprint density at radius 3 is 2.27 bits per heavy atom. The summed E-state index contributed by atoms with van der Waals surface area (Å²) >= 11 is 0. The highest BCUT2D eigenvalue weighted by Crippen LogP contribution is 2.24. The van der Waals surface area contributed by atoms with Gasteiger partial charge in [0.1, 0.15) is 11.6 Å². The Morgan fingerprint density at radius 1 is 0.865 bits per heavy atom. The van der Waals surface area contributed by atoms with Crippen LogP contribution in [0.25, 0.3) is 11.0 Å². The quantitative estimate of drug-likeness (QED) is 0.256. The zero-order chi connectivity index (χ0) is 25.5. The first-order valence-corrected chi connectivity index (χ1v) is 13.4. The lowest BCUT2D eigenvalue weighted by molar-refractivity contribution is 0.331. The van der Waals surface area contributed by atoms with E-state index in [1.54, 1.807) is 7.11 Å². The molecule has 37 heavy (non-hydrogen) atoms. The second-order valence-corrected chi connectivity index (χ2v) is 9.72. The van der Waals surface area contributed by atoms with Crippen LogP contribution in [0.5, 0.6) is 5.75 Å². The number of likely N-dealkylation sites (tertiary alicyclic amines) is 1. The van der Waals surface area contributed by atoms with Crippen LogP contribution in [-0.4, -0.2) is 51.4 Å². The molecule has 0 radical (unpaired) electrons. The summed E-state index contributed by atoms with van der Waals surface area (Å²) in [5.74, 6) is 2.26. The smallest absolute Gasteiger partial charge is 0.226 e. The minimum Gasteiger partial charge on any atom is -0.497 e. The highest BCUT2D eigenvalue weighted by Gasteiger charge is 2.15. The maximum Gasteiger partial charge on any atom is 0.226 e. The number of benzene rings is 2. The van der Waals surface area contributed by atoms with E-state index >= 15 is 0 Å². The average molecular weight is 500 g/mol. The van der Waals surface area contributed by atoms with Gasteiger partial charge in [-0.25, -0.2) is 4.68 Å². The zero-order valence-electron chi connectivity index (χ0n) is 21.9. The van der Waals surface area contributed by atoms with E-state index in [2.05, 4.69) is 58.9 Å². The fourth-order valence-corrected chi connectivity index (χ4v) is 4.71. The molecule has 2 N–H and O–H groups in total. The summed E-state index contributed by atoms with van der Waals surface area (Å²) in [5.41, 5.74) is 4.55. The molecule has 194 valence electrons. The fraction of sp³-hybridized carbons (Fsp3) is 0.414. The molecule has 0 saturated carbocycles. The Morgan fingerprint density at radius 2 is 1.57 bits per heavy atom. The molecule has 4 aromatic rings. The van der Waals surface area contributed by atoms with E-state index in [1.807, 2.05) is 23.0 Å². The molecule has 0 bridgehead atoms. The summed E-state index contributed by atoms with van der Waals surface area (Å²) < 4.78 is 7.25. The van der Waals surface area contributed by atoms with E-state index < -0.39 is 0 Å². The van der Waals surface area contributed by atoms with Crippen molar-refractivity contribution < 1.29 is 4.74 Å². The van der Waals surface area contributed by atoms with E-state index in [9.17, 15) is 0 Å². The van der Waals surface area contributed by atoms with Crippen LogP contribution in [0.1, 0.15) is 49.3 Å². The molecule has 5 rings (SSSR count). The largest absolute Gasteiger partial charge is 0.497 e. The van der Waals surface area contributed by atoms with Crippen molar-refractivity contribution in [3.05, 3.63) is 71.4 Å². The van der Waals surface area contributed by atoms with E-state index in [-0.39, 0.29) is 0 Å². The Balaban J connectivity index is 1.35. The lowest BCUT2D eigenvalue weighted by atomic mass is 10.1. The van der Waals surface area contributed by atoms with Gasteiger partial charge < -0.3 is 15.4 Å². The van der Waals surface area contributed by atoms with E-state index in [1.165, 1.54) is 37.1 Å². The third-order valence-corrected chi connectivity index (χ3v) is 6.89. The van der Waals surface area contributed by atoms with Gasteiger partial charge in [0.2, 0.25) is 5.95 Å². The topological polar surface area (TPSA) is 80.1 Å². The highest BCUT2D eigenvalue weighted by molar-refractivity contribution is 5.87. The van der Waals surface area contributed by atoms with Gasteiger partial charge in [0, 0.05) is 19.6 Å². The number of nitrogens with zero attached hydrogens (tertiary/aromatic N) is 5. The predicted molar refractivity (Wildman–Crippen MR) is 149 cm³/mol. The van der Waals surface area contributed by atoms with Crippen molar-refractivity contribution in [3.8, 4) is 5.75 Å². The SMILES string of the molecule is CCCCNc1nc(NCc2ccc(OC)cc2)c2cnn(Cc3ccc(CN4CCCC4)cc3)c2n1. The third kappa shape index (κ3) is 6.38. The molecule has 0 unspecified atom stereocenters. The summed E-state index contributed by atoms with van der Waals surface area (Å²) in [4.78, 5) is 12.2. The maximum atomic E-state index is 5.28. The minimum absolute atomic E-state index is 0.626. The highest BCUT2D eigenvalue weighted by atomic mass is 16.5. The first kappa shape index (κ1) is 25.0. The number of nitrogens with one attached hydrogen (secondary N) is 2. The summed E-state index contributed by atoms with van der Waals surface area (Å²) in [7, 11) is 1.68. The molecule has 8 nitrogen and oxygen atoms in total. The zero-order valence-corrected chi connectivity index (χ0v) is 21.9. The van der Waals surface area contributed by atoms with Crippen LogP contribution in [0.4, 0.5) is 11.8 Å². The second-order valence-electron chi connectivity index (χ2n) is 9.72. The van der Waals surface area contributed by atoms with Crippen molar-refractivity contribution in [3.63, 3.8) is 0 Å². The molecule has 2 aromatic carbocycles. The Hall–Kier alpha value is -3.65. The molecule has 0 aliphatic carbocycles. The van der Waals surface area contributed by atoms with Crippen molar-refractivity contribution in [2.24, 2.45) is 0 Å². The van der Waals surface area contributed by atoms with E-state index in [0.717, 1.165) is 54.1 Å². The second kappa shape index (κ2) is 12.1. The lowest BCUT2D eigenvalue weighted by Gasteiger charge is -2.14. The molecule has 0 spiro atoms. The Kier molecular flexibility index (Phi) is 8.15. The van der Waals surface area contributed by atoms with Crippen molar-refractivity contribution in [2.75, 3.05) is 37.4 Å². The number of hydrogen-bond acceptors (Lipinski definition) is 7. The summed E-state index contributed by atoms with van der Waals surface area (Å²) in [5, 5.41) is 12.5. The molecule has 1 aliphatic heterocycles. The van der Waals surface area contributed by atoms with Gasteiger partial charge in [-0.1, -0.05) is 49.7 Å². The van der Waals surface area contributed by atoms with Crippen LogP contribution in [0.2, 0.25) is 0 Å². The Labute approximate surface area is 219 Å². The van der Waals surface area contributed by atoms with Gasteiger partial charge in [0.05, 0.1) is 25.2 Å². The van der Waals surface area contributed by atoms with E-state index in [0.29, 0.717) is 19.0 Å². The van der Waals surface area contributed by atoms with Gasteiger partial charge in [-0.05, 0) is 61.2 Å². The van der Waals surface area contributed by atoms with Gasteiger partial charge in [0.15, 0.2) is 5.65 Å². The number of ether oxygens (including phenoxy) is 1. The molecule has 0 amide bonds. The molecule has 1 saturated heterocycles. The molecular weight excluding hydrogens is 462 g/mol. The molecule has 8 heteroatoms. The van der Waals surface area contributed by atoms with Crippen LogP contribution in [-0.2, 0) is 19.6 Å². The molecular formula is C29H37N7O. The lowest BCUT2D eigenvalue weighted by Crippen LogP contribution is -2.18. The first-order valence-electron chi connectivity index (χ1n) is 13.4. The van der Waals surface area contributed by atoms with Gasteiger partial charge in [-0.15, -0.1) is 0 Å². The summed E-state index contributed by atoms with van der Waals surface area (Å²) in [6, 6.07) is 17.0. The fourth-order valence-electron chi connectivity index (χ4n) is 4.71. The van der Waals surface area contributed by atoms with Crippen LogP contribution in [0.15, 0.2) is 54.7 Å². The van der Waals surface area contributed by atoms with Gasteiger partial charge in [-0.3, -0.25) is 4.90 Å². The average Bonchev–Trinajstić information content (AvgIpc) is 3.59. The van der Waals surface area contributed by atoms with Crippen molar-refractivity contribution in [2.45, 2.75) is 52.2 Å². The number of aromatic nitrogens is 4. The normalized spacial score (nSPS) is 13.8. The first-order chi connectivity index (χ1) is 18.2. The number of rotatable bonds is 12. The standard InChI is InChI=1S/C29H37N7O/c1-3-4-15-30-29-33-27(31-18-22-11-13-25(37-2)14-12-22)26-19-32-36(28(26)34-29)21-24-9-7-23(8-10-24)20-35-16-5-6-17-35/h7-14,19H,3-6,15-18,20-21H2,1-2H3,(H2,30,31,33,34). The predicted octanol–water partition coefficient (Wildman–Crippen LogP) is 5.30. The number of methoxy groups -OCH3 is 1. The van der Waals surface area contributed by atoms with Gasteiger partial charge in [-0.2, -0.15) is 15.1 Å². The monoisotopic (exact) mass is 499 g/mol. The molecule has 3 heterocycles. The maximum absolute atomic E-state index is 5.28. The molecule has 2 aromatic heterocycles. The van der Waals surface area contributed by atoms with Gasteiger partial charge in [0.25, 0.3) is 0 Å². The van der Waals surface area contributed by atoms with Crippen LogP contribution >= 0.6 is 0 Å². The van der Waals surface area contributed by atoms with Crippen molar-refractivity contribution in [1.82, 2.24) is 24.6 Å². The molecule has 1 fully saturated rings. The van der Waals surface area contributed by atoms with Gasteiger partial charge >= 0.3 is 0 Å². The third-order valence-electron chi connectivity index (χ3n) is 6.89. The molecule has 1 aliphatic rings. The number of unbranched alkanes of at least 4 members (excludes halogenated alkanes) is 1. The number of anilines is 2. The van der Waals surface area contributed by atoms with Crippen molar-refractivity contribution >= 4 is 22.8 Å². The molecule has 0 atom stereocenters. The van der Waals surface area contributed by atoms with Crippen molar-refractivity contribution in [1.29, 1.82) is 0 Å². The Bertz CT molecular complexity index is 1280. The summed E-state index contributed by atoms with van der Waals surface area (Å²) in [6.07, 6.45) is 6.68. The minimum atomic E-state index is 0.626.